The molecule has 0 heterocycles. The van der Waals surface area contributed by atoms with Crippen molar-refractivity contribution in [3.63, 3.8) is 0 Å². The molecular formula is C17H16N2O. The predicted molar refractivity (Wildman–Crippen MR) is 79.7 cm³/mol. The van der Waals surface area contributed by atoms with Gasteiger partial charge in [-0.3, -0.25) is 4.79 Å². The molecule has 20 heavy (non-hydrogen) atoms. The minimum Gasteiger partial charge on any atom is -0.311 e. The zero-order valence-electron chi connectivity index (χ0n) is 11.6. The highest BCUT2D eigenvalue weighted by Gasteiger charge is 2.16. The summed E-state index contributed by atoms with van der Waals surface area (Å²) in [6.07, 6.45) is 0.813. The van der Waals surface area contributed by atoms with E-state index in [1.807, 2.05) is 37.3 Å². The third-order valence-electron chi connectivity index (χ3n) is 3.30. The number of nitriles is 1. The number of aryl methyl sites for hydroxylation is 1. The van der Waals surface area contributed by atoms with E-state index in [2.05, 4.69) is 6.07 Å². The lowest BCUT2D eigenvalue weighted by Crippen LogP contribution is -2.27. The number of rotatable bonds is 3. The Morgan fingerprint density at radius 3 is 2.65 bits per heavy atom. The van der Waals surface area contributed by atoms with Gasteiger partial charge in [-0.15, -0.1) is 0 Å². The van der Waals surface area contributed by atoms with Crippen molar-refractivity contribution in [2.75, 3.05) is 11.9 Å². The molecule has 0 aromatic heterocycles. The maximum atomic E-state index is 12.6. The van der Waals surface area contributed by atoms with Crippen LogP contribution in [-0.4, -0.2) is 13.0 Å². The van der Waals surface area contributed by atoms with Gasteiger partial charge in [0.1, 0.15) is 0 Å². The molecule has 2 aromatic carbocycles. The highest BCUT2D eigenvalue weighted by molar-refractivity contribution is 6.06. The zero-order valence-corrected chi connectivity index (χ0v) is 11.6. The second-order valence-corrected chi connectivity index (χ2v) is 4.54. The Bertz CT molecular complexity index is 671. The van der Waals surface area contributed by atoms with E-state index < -0.39 is 0 Å². The highest BCUT2D eigenvalue weighted by atomic mass is 16.2. The molecule has 0 unspecified atom stereocenters. The maximum Gasteiger partial charge on any atom is 0.258 e. The van der Waals surface area contributed by atoms with Crippen LogP contribution < -0.4 is 4.90 Å². The van der Waals surface area contributed by atoms with Crippen LogP contribution >= 0.6 is 0 Å². The zero-order chi connectivity index (χ0) is 14.5. The van der Waals surface area contributed by atoms with E-state index in [-0.39, 0.29) is 5.91 Å². The summed E-state index contributed by atoms with van der Waals surface area (Å²) in [5.41, 5.74) is 3.01. The summed E-state index contributed by atoms with van der Waals surface area (Å²) in [5.74, 6) is -0.0578. The van der Waals surface area contributed by atoms with Crippen molar-refractivity contribution in [1.29, 1.82) is 5.26 Å². The molecule has 0 aliphatic carbocycles. The average molecular weight is 264 g/mol. The molecule has 0 radical (unpaired) electrons. The Hall–Kier alpha value is -2.60. The first-order chi connectivity index (χ1) is 9.67. The second-order valence-electron chi connectivity index (χ2n) is 4.54. The van der Waals surface area contributed by atoms with Gasteiger partial charge >= 0.3 is 0 Å². The van der Waals surface area contributed by atoms with Crippen molar-refractivity contribution in [1.82, 2.24) is 0 Å². The topological polar surface area (TPSA) is 44.1 Å². The van der Waals surface area contributed by atoms with Crippen LogP contribution in [0.3, 0.4) is 0 Å². The number of carbonyl (C=O) groups is 1. The molecule has 0 fully saturated rings. The van der Waals surface area contributed by atoms with E-state index in [1.165, 1.54) is 0 Å². The minimum atomic E-state index is -0.0578. The van der Waals surface area contributed by atoms with E-state index in [9.17, 15) is 4.79 Å². The van der Waals surface area contributed by atoms with Crippen molar-refractivity contribution in [2.24, 2.45) is 0 Å². The summed E-state index contributed by atoms with van der Waals surface area (Å²) in [7, 11) is 1.73. The minimum absolute atomic E-state index is 0.0578. The summed E-state index contributed by atoms with van der Waals surface area (Å²) in [6.45, 7) is 2.03. The van der Waals surface area contributed by atoms with Crippen LogP contribution in [0.1, 0.15) is 28.4 Å². The molecule has 2 rings (SSSR count). The SMILES string of the molecule is CCc1ccccc1C(=O)N(C)c1cccc(C#N)c1. The molecule has 0 N–H and O–H groups in total. The lowest BCUT2D eigenvalue weighted by Gasteiger charge is -2.19. The van der Waals surface area contributed by atoms with Crippen LogP contribution in [0.2, 0.25) is 0 Å². The molecule has 1 amide bonds. The Kier molecular flexibility index (Phi) is 4.17. The van der Waals surface area contributed by atoms with E-state index in [0.29, 0.717) is 11.1 Å². The molecule has 0 aliphatic rings. The van der Waals surface area contributed by atoms with Crippen molar-refractivity contribution < 1.29 is 4.79 Å². The molecule has 0 spiro atoms. The largest absolute Gasteiger partial charge is 0.311 e. The highest BCUT2D eigenvalue weighted by Crippen LogP contribution is 2.19. The molecule has 100 valence electrons. The third-order valence-corrected chi connectivity index (χ3v) is 3.30. The molecule has 2 aromatic rings. The molecule has 0 aliphatic heterocycles. The van der Waals surface area contributed by atoms with Gasteiger partial charge in [0.15, 0.2) is 0 Å². The van der Waals surface area contributed by atoms with Crippen LogP contribution in [0.5, 0.6) is 0 Å². The van der Waals surface area contributed by atoms with E-state index in [4.69, 9.17) is 5.26 Å². The van der Waals surface area contributed by atoms with Crippen LogP contribution in [0.4, 0.5) is 5.69 Å². The number of nitrogens with zero attached hydrogens (tertiary/aromatic N) is 2. The van der Waals surface area contributed by atoms with Gasteiger partial charge in [-0.25, -0.2) is 0 Å². The van der Waals surface area contributed by atoms with Gasteiger partial charge in [-0.1, -0.05) is 31.2 Å². The van der Waals surface area contributed by atoms with E-state index in [0.717, 1.165) is 17.7 Å². The number of carbonyl (C=O) groups excluding carboxylic acids is 1. The fourth-order valence-electron chi connectivity index (χ4n) is 2.12. The van der Waals surface area contributed by atoms with Crippen LogP contribution in [0.15, 0.2) is 48.5 Å². The monoisotopic (exact) mass is 264 g/mol. The number of benzene rings is 2. The Labute approximate surface area is 119 Å². The standard InChI is InChI=1S/C17H16N2O/c1-3-14-8-4-5-10-16(14)17(20)19(2)15-9-6-7-13(11-15)12-18/h4-11H,3H2,1-2H3. The summed E-state index contributed by atoms with van der Waals surface area (Å²) >= 11 is 0. The lowest BCUT2D eigenvalue weighted by atomic mass is 10.0. The number of anilines is 1. The summed E-state index contributed by atoms with van der Waals surface area (Å²) in [4.78, 5) is 14.1. The van der Waals surface area contributed by atoms with Crippen molar-refractivity contribution in [3.8, 4) is 6.07 Å². The first-order valence-electron chi connectivity index (χ1n) is 6.53. The smallest absolute Gasteiger partial charge is 0.258 e. The maximum absolute atomic E-state index is 12.6. The van der Waals surface area contributed by atoms with Crippen molar-refractivity contribution >= 4 is 11.6 Å². The quantitative estimate of drug-likeness (QED) is 0.852. The normalized spacial score (nSPS) is 9.85. The van der Waals surface area contributed by atoms with Crippen LogP contribution in [-0.2, 0) is 6.42 Å². The molecule has 3 nitrogen and oxygen atoms in total. The molecule has 0 atom stereocenters. The Morgan fingerprint density at radius 2 is 1.95 bits per heavy atom. The summed E-state index contributed by atoms with van der Waals surface area (Å²) in [6, 6.07) is 16.7. The van der Waals surface area contributed by atoms with Gasteiger partial charge in [0, 0.05) is 18.3 Å². The number of hydrogen-bond acceptors (Lipinski definition) is 2. The van der Waals surface area contributed by atoms with Crippen LogP contribution in [0, 0.1) is 11.3 Å². The van der Waals surface area contributed by atoms with E-state index >= 15 is 0 Å². The van der Waals surface area contributed by atoms with Crippen molar-refractivity contribution in [3.05, 3.63) is 65.2 Å². The van der Waals surface area contributed by atoms with Gasteiger partial charge < -0.3 is 4.90 Å². The average Bonchev–Trinajstić information content (AvgIpc) is 2.53. The fourth-order valence-corrected chi connectivity index (χ4v) is 2.12. The van der Waals surface area contributed by atoms with E-state index in [1.54, 1.807) is 30.1 Å². The van der Waals surface area contributed by atoms with Gasteiger partial charge in [0.2, 0.25) is 0 Å². The lowest BCUT2D eigenvalue weighted by molar-refractivity contribution is 0.0992. The van der Waals surface area contributed by atoms with Gasteiger partial charge in [-0.2, -0.15) is 5.26 Å². The summed E-state index contributed by atoms with van der Waals surface area (Å²) < 4.78 is 0. The fraction of sp³-hybridized carbons (Fsp3) is 0.176. The Balaban J connectivity index is 2.35. The van der Waals surface area contributed by atoms with Gasteiger partial charge in [0.05, 0.1) is 11.6 Å². The molecule has 3 heteroatoms. The van der Waals surface area contributed by atoms with Gasteiger partial charge in [0.25, 0.3) is 5.91 Å². The first-order valence-corrected chi connectivity index (χ1v) is 6.53. The predicted octanol–water partition coefficient (Wildman–Crippen LogP) is 3.40. The molecule has 0 bridgehead atoms. The second kappa shape index (κ2) is 6.03. The molecule has 0 saturated heterocycles. The Morgan fingerprint density at radius 1 is 1.20 bits per heavy atom. The summed E-state index contributed by atoms with van der Waals surface area (Å²) in [5, 5.41) is 8.93. The van der Waals surface area contributed by atoms with Crippen molar-refractivity contribution in [2.45, 2.75) is 13.3 Å². The number of hydrogen-bond donors (Lipinski definition) is 0. The van der Waals surface area contributed by atoms with Gasteiger partial charge in [-0.05, 0) is 36.2 Å². The number of amides is 1. The molecular weight excluding hydrogens is 248 g/mol. The van der Waals surface area contributed by atoms with Crippen LogP contribution in [0.25, 0.3) is 0 Å². The third kappa shape index (κ3) is 2.70. The first kappa shape index (κ1) is 13.8. The molecule has 0 saturated carbocycles.